The molecule has 0 heterocycles. The number of amides is 1. The van der Waals surface area contributed by atoms with E-state index in [1.165, 1.54) is 4.90 Å². The van der Waals surface area contributed by atoms with Gasteiger partial charge in [0.15, 0.2) is 0 Å². The minimum Gasteiger partial charge on any atom is -0.497 e. The fourth-order valence-electron chi connectivity index (χ4n) is 2.93. The van der Waals surface area contributed by atoms with Crippen LogP contribution in [0, 0.1) is 5.92 Å². The van der Waals surface area contributed by atoms with Crippen molar-refractivity contribution in [2.45, 2.75) is 25.8 Å². The van der Waals surface area contributed by atoms with Crippen LogP contribution in [0.15, 0.2) is 54.6 Å². The summed E-state index contributed by atoms with van der Waals surface area (Å²) in [4.78, 5) is 25.8. The third-order valence-corrected chi connectivity index (χ3v) is 4.49. The molecule has 0 saturated heterocycles. The molecule has 2 unspecified atom stereocenters. The van der Waals surface area contributed by atoms with Gasteiger partial charge >= 0.3 is 5.97 Å². The second kappa shape index (κ2) is 9.04. The Bertz CT molecular complexity index is 727. The molecule has 1 amide bonds. The number of hydrogen-bond acceptors (Lipinski definition) is 3. The number of carbonyl (C=O) groups is 2. The number of carboxylic acids is 1. The van der Waals surface area contributed by atoms with Gasteiger partial charge in [-0.1, -0.05) is 49.4 Å². The molecule has 0 bridgehead atoms. The van der Waals surface area contributed by atoms with Crippen LogP contribution in [-0.4, -0.2) is 42.1 Å². The van der Waals surface area contributed by atoms with Gasteiger partial charge < -0.3 is 14.7 Å². The fourth-order valence-corrected chi connectivity index (χ4v) is 2.93. The van der Waals surface area contributed by atoms with Gasteiger partial charge in [-0.2, -0.15) is 0 Å². The molecule has 0 aliphatic heterocycles. The molecular formula is C21H25NO4. The normalized spacial score (nSPS) is 12.9. The zero-order valence-electron chi connectivity index (χ0n) is 15.4. The topological polar surface area (TPSA) is 66.8 Å². The highest BCUT2D eigenvalue weighted by Gasteiger charge is 2.29. The monoisotopic (exact) mass is 355 g/mol. The Morgan fingerprint density at radius 3 is 2.12 bits per heavy atom. The highest BCUT2D eigenvalue weighted by atomic mass is 16.5. The third-order valence-electron chi connectivity index (χ3n) is 4.49. The number of ether oxygens (including phenoxy) is 1. The zero-order valence-corrected chi connectivity index (χ0v) is 15.4. The lowest BCUT2D eigenvalue weighted by Crippen LogP contribution is -2.46. The number of carbonyl (C=O) groups excluding carboxylic acids is 1. The van der Waals surface area contributed by atoms with E-state index in [2.05, 4.69) is 0 Å². The maximum atomic E-state index is 12.7. The zero-order chi connectivity index (χ0) is 19.1. The number of benzene rings is 2. The number of nitrogens with zero attached hydrogens (tertiary/aromatic N) is 1. The molecule has 0 aromatic heterocycles. The van der Waals surface area contributed by atoms with Crippen LogP contribution >= 0.6 is 0 Å². The molecule has 5 heteroatoms. The average molecular weight is 355 g/mol. The van der Waals surface area contributed by atoms with Crippen LogP contribution in [0.5, 0.6) is 5.75 Å². The van der Waals surface area contributed by atoms with Crippen molar-refractivity contribution >= 4 is 11.9 Å². The number of aliphatic carboxylic acids is 1. The Morgan fingerprint density at radius 2 is 1.58 bits per heavy atom. The average Bonchev–Trinajstić information content (AvgIpc) is 2.66. The van der Waals surface area contributed by atoms with E-state index in [0.29, 0.717) is 6.42 Å². The van der Waals surface area contributed by atoms with Crippen LogP contribution in [0.3, 0.4) is 0 Å². The largest absolute Gasteiger partial charge is 0.497 e. The summed E-state index contributed by atoms with van der Waals surface area (Å²) in [5.41, 5.74) is 1.90. The van der Waals surface area contributed by atoms with Crippen LogP contribution < -0.4 is 4.74 Å². The minimum absolute atomic E-state index is 0.177. The summed E-state index contributed by atoms with van der Waals surface area (Å²) in [7, 11) is 3.17. The summed E-state index contributed by atoms with van der Waals surface area (Å²) in [6, 6.07) is 16.0. The van der Waals surface area contributed by atoms with E-state index in [9.17, 15) is 14.7 Å². The summed E-state index contributed by atoms with van der Waals surface area (Å²) in [5, 5.41) is 9.58. The summed E-state index contributed by atoms with van der Waals surface area (Å²) in [5.74, 6) is -0.727. The van der Waals surface area contributed by atoms with E-state index in [1.54, 1.807) is 14.2 Å². The second-order valence-electron chi connectivity index (χ2n) is 6.45. The van der Waals surface area contributed by atoms with Crippen LogP contribution in [-0.2, 0) is 22.4 Å². The van der Waals surface area contributed by atoms with E-state index in [0.717, 1.165) is 16.9 Å². The Kier molecular flexibility index (Phi) is 6.78. The van der Waals surface area contributed by atoms with E-state index < -0.39 is 12.0 Å². The summed E-state index contributed by atoms with van der Waals surface area (Å²) in [6.45, 7) is 1.82. The third kappa shape index (κ3) is 5.09. The highest BCUT2D eigenvalue weighted by molar-refractivity contribution is 5.85. The first-order chi connectivity index (χ1) is 12.4. The van der Waals surface area contributed by atoms with Gasteiger partial charge in [0.2, 0.25) is 5.91 Å². The highest BCUT2D eigenvalue weighted by Crippen LogP contribution is 2.17. The number of rotatable bonds is 8. The lowest BCUT2D eigenvalue weighted by Gasteiger charge is -2.27. The molecule has 2 aromatic carbocycles. The predicted molar refractivity (Wildman–Crippen MR) is 100 cm³/mol. The Labute approximate surface area is 154 Å². The van der Waals surface area contributed by atoms with E-state index in [4.69, 9.17) is 4.74 Å². The number of carboxylic acid groups (broad SMARTS) is 1. The van der Waals surface area contributed by atoms with Gasteiger partial charge in [0.05, 0.1) is 7.11 Å². The first kappa shape index (κ1) is 19.5. The molecular weight excluding hydrogens is 330 g/mol. The van der Waals surface area contributed by atoms with Crippen molar-refractivity contribution in [1.82, 2.24) is 4.90 Å². The van der Waals surface area contributed by atoms with Gasteiger partial charge in [-0.3, -0.25) is 4.79 Å². The maximum Gasteiger partial charge on any atom is 0.326 e. The number of hydrogen-bond donors (Lipinski definition) is 1. The summed E-state index contributed by atoms with van der Waals surface area (Å²) in [6.07, 6.45) is 0.832. The van der Waals surface area contributed by atoms with Crippen molar-refractivity contribution in [2.75, 3.05) is 14.2 Å². The van der Waals surface area contributed by atoms with Gasteiger partial charge in [0.1, 0.15) is 11.8 Å². The molecule has 138 valence electrons. The van der Waals surface area contributed by atoms with Crippen molar-refractivity contribution < 1.29 is 19.4 Å². The predicted octanol–water partition coefficient (Wildman–Crippen LogP) is 3.03. The van der Waals surface area contributed by atoms with E-state index >= 15 is 0 Å². The quantitative estimate of drug-likeness (QED) is 0.790. The van der Waals surface area contributed by atoms with Crippen molar-refractivity contribution in [3.8, 4) is 5.75 Å². The second-order valence-corrected chi connectivity index (χ2v) is 6.45. The lowest BCUT2D eigenvalue weighted by atomic mass is 9.98. The van der Waals surface area contributed by atoms with Crippen LogP contribution in [0.1, 0.15) is 18.1 Å². The fraction of sp³-hybridized carbons (Fsp3) is 0.333. The van der Waals surface area contributed by atoms with E-state index in [-0.39, 0.29) is 18.2 Å². The molecule has 0 saturated carbocycles. The molecule has 2 atom stereocenters. The van der Waals surface area contributed by atoms with Gasteiger partial charge in [0, 0.05) is 19.4 Å². The smallest absolute Gasteiger partial charge is 0.326 e. The Morgan fingerprint density at radius 1 is 1.00 bits per heavy atom. The number of methoxy groups -OCH3 is 1. The molecule has 1 N–H and O–H groups in total. The summed E-state index contributed by atoms with van der Waals surface area (Å²) < 4.78 is 5.13. The molecule has 0 radical (unpaired) electrons. The summed E-state index contributed by atoms with van der Waals surface area (Å²) >= 11 is 0. The molecule has 2 aromatic rings. The lowest BCUT2D eigenvalue weighted by molar-refractivity contribution is -0.150. The van der Waals surface area contributed by atoms with Crippen molar-refractivity contribution in [3.63, 3.8) is 0 Å². The van der Waals surface area contributed by atoms with Gasteiger partial charge in [-0.05, 0) is 29.7 Å². The molecule has 0 aliphatic rings. The first-order valence-corrected chi connectivity index (χ1v) is 8.58. The molecule has 5 nitrogen and oxygen atoms in total. The van der Waals surface area contributed by atoms with Gasteiger partial charge in [-0.15, -0.1) is 0 Å². The number of likely N-dealkylation sites (N-methyl/N-ethyl adjacent to an activating group) is 1. The molecule has 2 rings (SSSR count). The van der Waals surface area contributed by atoms with Crippen molar-refractivity contribution in [1.29, 1.82) is 0 Å². The Balaban J connectivity index is 2.05. The molecule has 0 fully saturated rings. The van der Waals surface area contributed by atoms with Crippen LogP contribution in [0.25, 0.3) is 0 Å². The molecule has 0 spiro atoms. The van der Waals surface area contributed by atoms with E-state index in [1.807, 2.05) is 61.5 Å². The van der Waals surface area contributed by atoms with Crippen molar-refractivity contribution in [3.05, 3.63) is 65.7 Å². The van der Waals surface area contributed by atoms with Gasteiger partial charge in [-0.25, -0.2) is 4.79 Å². The van der Waals surface area contributed by atoms with Crippen LogP contribution in [0.4, 0.5) is 0 Å². The first-order valence-electron chi connectivity index (χ1n) is 8.58. The Hall–Kier alpha value is -2.82. The van der Waals surface area contributed by atoms with Crippen LogP contribution in [0.2, 0.25) is 0 Å². The maximum absolute atomic E-state index is 12.7. The molecule has 26 heavy (non-hydrogen) atoms. The van der Waals surface area contributed by atoms with Crippen molar-refractivity contribution in [2.24, 2.45) is 5.92 Å². The van der Waals surface area contributed by atoms with Gasteiger partial charge in [0.25, 0.3) is 0 Å². The molecule has 0 aliphatic carbocycles. The SMILES string of the molecule is COc1ccc(CC(C)C(=O)N(C)C(Cc2ccccc2)C(=O)O)cc1. The standard InChI is InChI=1S/C21H25NO4/c1-15(13-17-9-11-18(26-3)12-10-17)20(23)22(2)19(21(24)25)14-16-7-5-4-6-8-16/h4-12,15,19H,13-14H2,1-3H3,(H,24,25). The minimum atomic E-state index is -0.999.